The fourth-order valence-electron chi connectivity index (χ4n) is 4.32. The first-order valence-electron chi connectivity index (χ1n) is 12.9. The molecule has 0 N–H and O–H groups in total. The van der Waals surface area contributed by atoms with Crippen LogP contribution in [-0.4, -0.2) is 4.57 Å². The lowest BCUT2D eigenvalue weighted by Crippen LogP contribution is -2.37. The van der Waals surface area contributed by atoms with Gasteiger partial charge < -0.3 is 0 Å². The predicted molar refractivity (Wildman–Crippen MR) is 124 cm³/mol. The number of rotatable bonds is 20. The molecule has 164 valence electrons. The molecule has 0 saturated carbocycles. The van der Waals surface area contributed by atoms with Crippen LogP contribution in [0.2, 0.25) is 0 Å². The molecule has 28 heavy (non-hydrogen) atoms. The fourth-order valence-corrected chi connectivity index (χ4v) is 4.32. The van der Waals surface area contributed by atoms with Crippen molar-refractivity contribution < 1.29 is 4.57 Å². The topological polar surface area (TPSA) is 8.81 Å². The molecule has 2 nitrogen and oxygen atoms in total. The molecule has 0 unspecified atom stereocenters. The lowest BCUT2D eigenvalue weighted by atomic mass is 10.0. The Balaban J connectivity index is 2.02. The first kappa shape index (κ1) is 25.2. The SMILES string of the molecule is CCCCCCCCCCCCCCCn1cc[n+](CCCCCC)c1CC. The van der Waals surface area contributed by atoms with Crippen LogP contribution in [0.5, 0.6) is 0 Å². The summed E-state index contributed by atoms with van der Waals surface area (Å²) in [5.74, 6) is 1.52. The van der Waals surface area contributed by atoms with Crippen LogP contribution in [0.3, 0.4) is 0 Å². The van der Waals surface area contributed by atoms with Crippen molar-refractivity contribution in [2.75, 3.05) is 0 Å². The first-order valence-corrected chi connectivity index (χ1v) is 12.9. The molecule has 0 aliphatic carbocycles. The van der Waals surface area contributed by atoms with Gasteiger partial charge in [0.05, 0.1) is 13.1 Å². The van der Waals surface area contributed by atoms with Gasteiger partial charge in [-0.2, -0.15) is 0 Å². The zero-order chi connectivity index (χ0) is 20.3. The minimum atomic E-state index is 1.15. The zero-order valence-corrected chi connectivity index (χ0v) is 19.7. The monoisotopic (exact) mass is 391 g/mol. The molecule has 1 heterocycles. The van der Waals surface area contributed by atoms with Crippen LogP contribution in [0.15, 0.2) is 12.4 Å². The maximum absolute atomic E-state index is 2.51. The van der Waals surface area contributed by atoms with Gasteiger partial charge in [-0.25, -0.2) is 9.13 Å². The van der Waals surface area contributed by atoms with E-state index in [4.69, 9.17) is 0 Å². The quantitative estimate of drug-likeness (QED) is 0.157. The van der Waals surface area contributed by atoms with Crippen molar-refractivity contribution in [2.45, 2.75) is 149 Å². The van der Waals surface area contributed by atoms with Crippen molar-refractivity contribution in [3.8, 4) is 0 Å². The molecule has 1 aromatic rings. The Kier molecular flexibility index (Phi) is 16.5. The van der Waals surface area contributed by atoms with Crippen molar-refractivity contribution in [1.29, 1.82) is 0 Å². The summed E-state index contributed by atoms with van der Waals surface area (Å²) in [7, 11) is 0. The van der Waals surface area contributed by atoms with E-state index in [1.165, 1.54) is 128 Å². The number of aryl methyl sites for hydroxylation is 2. The standard InChI is InChI=1S/C26H51N2/c1-4-7-9-11-12-13-14-15-16-17-18-19-21-23-28-25-24-27(26(28)6-3)22-20-10-8-5-2/h24-25H,4-23H2,1-3H3/q+1. The van der Waals surface area contributed by atoms with Crippen LogP contribution in [0, 0.1) is 0 Å². The summed E-state index contributed by atoms with van der Waals surface area (Å²) < 4.78 is 5.01. The Bertz CT molecular complexity index is 449. The average Bonchev–Trinajstić information content (AvgIpc) is 3.10. The summed E-state index contributed by atoms with van der Waals surface area (Å²) in [5.41, 5.74) is 0. The van der Waals surface area contributed by atoms with Gasteiger partial charge in [0.2, 0.25) is 0 Å². The Labute approximate surface area is 177 Å². The molecule has 1 aromatic heterocycles. The van der Waals surface area contributed by atoms with Gasteiger partial charge in [-0.15, -0.1) is 0 Å². The highest BCUT2D eigenvalue weighted by Gasteiger charge is 2.14. The molecule has 0 bridgehead atoms. The first-order chi connectivity index (χ1) is 13.8. The predicted octanol–water partition coefficient (Wildman–Crippen LogP) is 8.01. The smallest absolute Gasteiger partial charge is 0.234 e. The van der Waals surface area contributed by atoms with Crippen LogP contribution in [-0.2, 0) is 19.5 Å². The molecule has 0 atom stereocenters. The van der Waals surface area contributed by atoms with E-state index in [9.17, 15) is 0 Å². The number of aromatic nitrogens is 2. The van der Waals surface area contributed by atoms with Crippen LogP contribution >= 0.6 is 0 Å². The number of hydrogen-bond donors (Lipinski definition) is 0. The molecule has 0 fully saturated rings. The number of imidazole rings is 1. The van der Waals surface area contributed by atoms with Crippen molar-refractivity contribution in [2.24, 2.45) is 0 Å². The van der Waals surface area contributed by atoms with E-state index in [1.54, 1.807) is 0 Å². The summed E-state index contributed by atoms with van der Waals surface area (Å²) in [4.78, 5) is 0. The lowest BCUT2D eigenvalue weighted by molar-refractivity contribution is -0.704. The van der Waals surface area contributed by atoms with Crippen LogP contribution < -0.4 is 4.57 Å². The summed E-state index contributed by atoms with van der Waals surface area (Å²) in [6, 6.07) is 0. The number of hydrogen-bond acceptors (Lipinski definition) is 0. The number of unbranched alkanes of at least 4 members (excludes halogenated alkanes) is 15. The number of nitrogens with zero attached hydrogens (tertiary/aromatic N) is 2. The van der Waals surface area contributed by atoms with Gasteiger partial charge in [-0.3, -0.25) is 0 Å². The third-order valence-electron chi connectivity index (χ3n) is 6.16. The summed E-state index contributed by atoms with van der Waals surface area (Å²) in [6.45, 7) is 9.31. The van der Waals surface area contributed by atoms with Gasteiger partial charge in [0.1, 0.15) is 12.4 Å². The zero-order valence-electron chi connectivity index (χ0n) is 19.7. The third-order valence-corrected chi connectivity index (χ3v) is 6.16. The van der Waals surface area contributed by atoms with E-state index in [1.807, 2.05) is 0 Å². The fraction of sp³-hybridized carbons (Fsp3) is 0.885. The molecule has 0 saturated heterocycles. The molecule has 0 radical (unpaired) electrons. The van der Waals surface area contributed by atoms with E-state index < -0.39 is 0 Å². The van der Waals surface area contributed by atoms with E-state index >= 15 is 0 Å². The van der Waals surface area contributed by atoms with Crippen LogP contribution in [0.25, 0.3) is 0 Å². The minimum absolute atomic E-state index is 1.15. The molecule has 0 aliphatic rings. The maximum atomic E-state index is 2.51. The Morgan fingerprint density at radius 1 is 0.607 bits per heavy atom. The normalized spacial score (nSPS) is 11.4. The maximum Gasteiger partial charge on any atom is 0.256 e. The molecule has 2 heteroatoms. The van der Waals surface area contributed by atoms with Gasteiger partial charge in [0.15, 0.2) is 0 Å². The minimum Gasteiger partial charge on any atom is -0.234 e. The molecule has 0 spiro atoms. The summed E-state index contributed by atoms with van der Waals surface area (Å²) >= 11 is 0. The van der Waals surface area contributed by atoms with Crippen molar-refractivity contribution in [1.82, 2.24) is 4.57 Å². The van der Waals surface area contributed by atoms with Crippen LogP contribution in [0.1, 0.15) is 136 Å². The van der Waals surface area contributed by atoms with Gasteiger partial charge in [0.25, 0.3) is 5.82 Å². The van der Waals surface area contributed by atoms with Crippen LogP contribution in [0.4, 0.5) is 0 Å². The molecule has 0 aliphatic heterocycles. The van der Waals surface area contributed by atoms with E-state index in [2.05, 4.69) is 42.3 Å². The van der Waals surface area contributed by atoms with E-state index in [0.717, 1.165) is 6.42 Å². The highest BCUT2D eigenvalue weighted by molar-refractivity contribution is 4.83. The highest BCUT2D eigenvalue weighted by Crippen LogP contribution is 2.13. The Hall–Kier alpha value is -0.790. The van der Waals surface area contributed by atoms with Gasteiger partial charge >= 0.3 is 0 Å². The molecular weight excluding hydrogens is 340 g/mol. The second-order valence-electron chi connectivity index (χ2n) is 8.76. The molecule has 0 amide bonds. The summed E-state index contributed by atoms with van der Waals surface area (Å²) in [5, 5.41) is 0. The highest BCUT2D eigenvalue weighted by atomic mass is 15.1. The van der Waals surface area contributed by atoms with E-state index in [-0.39, 0.29) is 0 Å². The van der Waals surface area contributed by atoms with Gasteiger partial charge in [-0.05, 0) is 25.7 Å². The average molecular weight is 392 g/mol. The Morgan fingerprint density at radius 3 is 1.57 bits per heavy atom. The second kappa shape index (κ2) is 18.3. The summed E-state index contributed by atoms with van der Waals surface area (Å²) in [6.07, 6.45) is 29.8. The lowest BCUT2D eigenvalue weighted by Gasteiger charge is -2.05. The van der Waals surface area contributed by atoms with Gasteiger partial charge in [-0.1, -0.05) is 104 Å². The van der Waals surface area contributed by atoms with Crippen molar-refractivity contribution in [3.63, 3.8) is 0 Å². The van der Waals surface area contributed by atoms with Crippen molar-refractivity contribution >= 4 is 0 Å². The van der Waals surface area contributed by atoms with Gasteiger partial charge in [0, 0.05) is 6.42 Å². The largest absolute Gasteiger partial charge is 0.256 e. The molecule has 1 rings (SSSR count). The van der Waals surface area contributed by atoms with E-state index in [0.29, 0.717) is 0 Å². The third kappa shape index (κ3) is 11.9. The van der Waals surface area contributed by atoms with Crippen molar-refractivity contribution in [3.05, 3.63) is 18.2 Å². The molecule has 0 aromatic carbocycles. The molecular formula is C26H51N2+. The second-order valence-corrected chi connectivity index (χ2v) is 8.76. The Morgan fingerprint density at radius 2 is 1.07 bits per heavy atom.